The first kappa shape index (κ1) is 15.1. The first-order valence-electron chi connectivity index (χ1n) is 6.38. The van der Waals surface area contributed by atoms with Crippen LogP contribution < -0.4 is 5.32 Å². The lowest BCUT2D eigenvalue weighted by atomic mass is 10.0. The summed E-state index contributed by atoms with van der Waals surface area (Å²) in [7, 11) is 0. The molecule has 1 saturated heterocycles. The Labute approximate surface area is 126 Å². The lowest BCUT2D eigenvalue weighted by molar-refractivity contribution is -0.385. The topological polar surface area (TPSA) is 72.2 Å². The number of nitrogens with one attached hydrogen (secondary N) is 1. The Kier molecular flexibility index (Phi) is 5.25. The zero-order valence-electron chi connectivity index (χ0n) is 10.8. The smallest absolute Gasteiger partial charge is 0.300 e. The van der Waals surface area contributed by atoms with Crippen molar-refractivity contribution in [2.45, 2.75) is 12.8 Å². The second-order valence-corrected chi connectivity index (χ2v) is 6.29. The summed E-state index contributed by atoms with van der Waals surface area (Å²) < 4.78 is 0. The lowest BCUT2D eigenvalue weighted by Gasteiger charge is -2.21. The molecule has 0 unspecified atom stereocenters. The molecule has 0 aromatic heterocycles. The molecular weight excluding hydrogens is 300 g/mol. The van der Waals surface area contributed by atoms with Crippen LogP contribution in [0.25, 0.3) is 0 Å². The second kappa shape index (κ2) is 6.95. The number of hydrogen-bond donors (Lipinski definition) is 1. The fourth-order valence-electron chi connectivity index (χ4n) is 2.17. The number of benzene rings is 1. The summed E-state index contributed by atoms with van der Waals surface area (Å²) in [5, 5.41) is 13.8. The highest BCUT2D eigenvalue weighted by atomic mass is 35.5. The van der Waals surface area contributed by atoms with Gasteiger partial charge in [-0.25, -0.2) is 0 Å². The van der Waals surface area contributed by atoms with Crippen LogP contribution >= 0.6 is 23.4 Å². The summed E-state index contributed by atoms with van der Waals surface area (Å²) >= 11 is 7.71. The van der Waals surface area contributed by atoms with E-state index in [1.54, 1.807) is 6.07 Å². The van der Waals surface area contributed by atoms with Gasteiger partial charge in [-0.1, -0.05) is 17.7 Å². The summed E-state index contributed by atoms with van der Waals surface area (Å²) in [4.78, 5) is 22.5. The maximum absolute atomic E-state index is 12.1. The third-order valence-corrected chi connectivity index (χ3v) is 4.66. The molecule has 0 saturated carbocycles. The molecule has 1 aromatic rings. The number of carbonyl (C=O) groups excluding carboxylic acids is 1. The van der Waals surface area contributed by atoms with Gasteiger partial charge >= 0.3 is 5.69 Å². The Morgan fingerprint density at radius 1 is 1.45 bits per heavy atom. The first-order valence-corrected chi connectivity index (χ1v) is 7.91. The largest absolute Gasteiger partial charge is 0.352 e. The van der Waals surface area contributed by atoms with Crippen LogP contribution in [0.4, 0.5) is 5.69 Å². The molecule has 1 aliphatic rings. The Morgan fingerprint density at radius 3 is 2.80 bits per heavy atom. The SMILES string of the molecule is O=C(NCC1CCSCC1)c1cccc(Cl)c1[N+](=O)[O-]. The number of nitro benzene ring substituents is 1. The van der Waals surface area contributed by atoms with Crippen LogP contribution in [0.15, 0.2) is 18.2 Å². The zero-order valence-corrected chi connectivity index (χ0v) is 12.4. The number of rotatable bonds is 4. The van der Waals surface area contributed by atoms with E-state index in [2.05, 4.69) is 5.32 Å². The Morgan fingerprint density at radius 2 is 2.15 bits per heavy atom. The van der Waals surface area contributed by atoms with Crippen molar-refractivity contribution in [1.29, 1.82) is 0 Å². The van der Waals surface area contributed by atoms with Crippen molar-refractivity contribution in [3.05, 3.63) is 38.9 Å². The van der Waals surface area contributed by atoms with Crippen LogP contribution in [0.5, 0.6) is 0 Å². The summed E-state index contributed by atoms with van der Waals surface area (Å²) in [6.45, 7) is 0.559. The molecular formula is C13H15ClN2O3S. The quantitative estimate of drug-likeness (QED) is 0.684. The van der Waals surface area contributed by atoms with Gasteiger partial charge in [0.25, 0.3) is 5.91 Å². The van der Waals surface area contributed by atoms with Crippen molar-refractivity contribution in [3.63, 3.8) is 0 Å². The Hall–Kier alpha value is -1.27. The highest BCUT2D eigenvalue weighted by Gasteiger charge is 2.24. The molecule has 1 fully saturated rings. The van der Waals surface area contributed by atoms with Crippen LogP contribution in [-0.2, 0) is 0 Å². The van der Waals surface area contributed by atoms with Gasteiger partial charge in [-0.15, -0.1) is 0 Å². The zero-order chi connectivity index (χ0) is 14.5. The fraction of sp³-hybridized carbons (Fsp3) is 0.462. The highest BCUT2D eigenvalue weighted by molar-refractivity contribution is 7.99. The number of nitrogens with zero attached hydrogens (tertiary/aromatic N) is 1. The number of para-hydroxylation sites is 1. The molecule has 0 aliphatic carbocycles. The number of halogens is 1. The number of thioether (sulfide) groups is 1. The third kappa shape index (κ3) is 3.64. The standard InChI is InChI=1S/C13H15ClN2O3S/c14-11-3-1-2-10(12(11)16(18)19)13(17)15-8-9-4-6-20-7-5-9/h1-3,9H,4-8H2,(H,15,17). The van der Waals surface area contributed by atoms with E-state index in [1.807, 2.05) is 11.8 Å². The molecule has 7 heteroatoms. The van der Waals surface area contributed by atoms with Gasteiger partial charge in [-0.05, 0) is 42.4 Å². The summed E-state index contributed by atoms with van der Waals surface area (Å²) in [6, 6.07) is 4.38. The predicted octanol–water partition coefficient (Wildman–Crippen LogP) is 3.12. The van der Waals surface area contributed by atoms with Crippen molar-refractivity contribution in [2.24, 2.45) is 5.92 Å². The number of carbonyl (C=O) groups is 1. The molecule has 0 radical (unpaired) electrons. The molecule has 1 heterocycles. The highest BCUT2D eigenvalue weighted by Crippen LogP contribution is 2.28. The number of nitro groups is 1. The van der Waals surface area contributed by atoms with E-state index < -0.39 is 10.8 Å². The maximum atomic E-state index is 12.1. The van der Waals surface area contributed by atoms with Crippen LogP contribution in [-0.4, -0.2) is 28.9 Å². The van der Waals surface area contributed by atoms with Crippen molar-refractivity contribution in [3.8, 4) is 0 Å². The predicted molar refractivity (Wildman–Crippen MR) is 80.5 cm³/mol. The second-order valence-electron chi connectivity index (χ2n) is 4.66. The lowest BCUT2D eigenvalue weighted by Crippen LogP contribution is -2.31. The van der Waals surface area contributed by atoms with Crippen LogP contribution in [0, 0.1) is 16.0 Å². The molecule has 2 rings (SSSR count). The van der Waals surface area contributed by atoms with E-state index in [1.165, 1.54) is 12.1 Å². The van der Waals surface area contributed by atoms with Gasteiger partial charge in [0.2, 0.25) is 0 Å². The average molecular weight is 315 g/mol. The van der Waals surface area contributed by atoms with Crippen LogP contribution in [0.3, 0.4) is 0 Å². The van der Waals surface area contributed by atoms with Crippen molar-refractivity contribution in [2.75, 3.05) is 18.1 Å². The Balaban J connectivity index is 2.05. The van der Waals surface area contributed by atoms with Crippen molar-refractivity contribution in [1.82, 2.24) is 5.32 Å². The molecule has 0 atom stereocenters. The number of amides is 1. The number of hydrogen-bond acceptors (Lipinski definition) is 4. The van der Waals surface area contributed by atoms with Gasteiger partial charge in [0.15, 0.2) is 0 Å². The van der Waals surface area contributed by atoms with E-state index in [4.69, 9.17) is 11.6 Å². The van der Waals surface area contributed by atoms with Crippen molar-refractivity contribution >= 4 is 35.0 Å². The average Bonchev–Trinajstić information content (AvgIpc) is 2.45. The maximum Gasteiger partial charge on any atom is 0.300 e. The van der Waals surface area contributed by atoms with Gasteiger partial charge in [0.05, 0.1) is 4.92 Å². The van der Waals surface area contributed by atoms with E-state index in [-0.39, 0.29) is 16.3 Å². The van der Waals surface area contributed by atoms with Gasteiger partial charge in [0, 0.05) is 6.54 Å². The third-order valence-electron chi connectivity index (χ3n) is 3.31. The summed E-state index contributed by atoms with van der Waals surface area (Å²) in [5.74, 6) is 2.24. The van der Waals surface area contributed by atoms with Gasteiger partial charge in [-0.3, -0.25) is 14.9 Å². The molecule has 1 aliphatic heterocycles. The Bertz CT molecular complexity index is 518. The molecule has 1 amide bonds. The minimum atomic E-state index is -0.617. The molecule has 0 bridgehead atoms. The minimum absolute atomic E-state index is 0.0169. The van der Waals surface area contributed by atoms with Gasteiger partial charge in [0.1, 0.15) is 10.6 Å². The summed E-state index contributed by atoms with van der Waals surface area (Å²) in [5.41, 5.74) is -0.307. The minimum Gasteiger partial charge on any atom is -0.352 e. The molecule has 1 N–H and O–H groups in total. The van der Waals surface area contributed by atoms with E-state index >= 15 is 0 Å². The van der Waals surface area contributed by atoms with E-state index in [0.29, 0.717) is 12.5 Å². The monoisotopic (exact) mass is 314 g/mol. The molecule has 1 aromatic carbocycles. The molecule has 0 spiro atoms. The fourth-order valence-corrected chi connectivity index (χ4v) is 3.61. The van der Waals surface area contributed by atoms with E-state index in [0.717, 1.165) is 24.3 Å². The van der Waals surface area contributed by atoms with Crippen molar-refractivity contribution < 1.29 is 9.72 Å². The molecule has 108 valence electrons. The van der Waals surface area contributed by atoms with Gasteiger partial charge in [-0.2, -0.15) is 11.8 Å². The first-order chi connectivity index (χ1) is 9.59. The molecule has 5 nitrogen and oxygen atoms in total. The normalized spacial score (nSPS) is 15.8. The van der Waals surface area contributed by atoms with Gasteiger partial charge < -0.3 is 5.32 Å². The molecule has 20 heavy (non-hydrogen) atoms. The van der Waals surface area contributed by atoms with Crippen LogP contribution in [0.1, 0.15) is 23.2 Å². The van der Waals surface area contributed by atoms with E-state index in [9.17, 15) is 14.9 Å². The van der Waals surface area contributed by atoms with Crippen LogP contribution in [0.2, 0.25) is 5.02 Å². The summed E-state index contributed by atoms with van der Waals surface area (Å²) in [6.07, 6.45) is 2.14.